The van der Waals surface area contributed by atoms with E-state index in [0.717, 1.165) is 11.3 Å². The second kappa shape index (κ2) is 5.96. The van der Waals surface area contributed by atoms with Crippen LogP contribution in [0.2, 0.25) is 0 Å². The smallest absolute Gasteiger partial charge is 0.358 e. The number of benzene rings is 1. The van der Waals surface area contributed by atoms with Gasteiger partial charge in [-0.25, -0.2) is 14.8 Å². The van der Waals surface area contributed by atoms with E-state index in [2.05, 4.69) is 25.1 Å². The maximum absolute atomic E-state index is 12.2. The molecule has 24 heavy (non-hydrogen) atoms. The molecule has 0 saturated heterocycles. The first-order valence-corrected chi connectivity index (χ1v) is 7.36. The highest BCUT2D eigenvalue weighted by Crippen LogP contribution is 2.18. The fourth-order valence-corrected chi connectivity index (χ4v) is 2.44. The summed E-state index contributed by atoms with van der Waals surface area (Å²) in [5, 5.41) is 7.75. The van der Waals surface area contributed by atoms with Crippen LogP contribution >= 0.6 is 0 Å². The Hall–Kier alpha value is -3.48. The Kier molecular flexibility index (Phi) is 3.51. The molecule has 2 N–H and O–H groups in total. The van der Waals surface area contributed by atoms with Gasteiger partial charge in [0, 0.05) is 11.8 Å². The van der Waals surface area contributed by atoms with Gasteiger partial charge >= 0.3 is 5.97 Å². The summed E-state index contributed by atoms with van der Waals surface area (Å²) in [5.74, 6) is -0.502. The molecule has 0 spiro atoms. The van der Waals surface area contributed by atoms with Crippen molar-refractivity contribution in [2.45, 2.75) is 6.61 Å². The van der Waals surface area contributed by atoms with Crippen LogP contribution in [-0.2, 0) is 11.3 Å². The zero-order valence-electron chi connectivity index (χ0n) is 12.6. The summed E-state index contributed by atoms with van der Waals surface area (Å²) in [6.45, 7) is 0.0919. The predicted octanol–water partition coefficient (Wildman–Crippen LogP) is 2.71. The molecular formula is C17H13N5O2. The average molecular weight is 319 g/mol. The number of aromatic nitrogens is 5. The van der Waals surface area contributed by atoms with E-state index in [1.54, 1.807) is 12.3 Å². The molecule has 0 aliphatic rings. The number of carbonyl (C=O) groups excluding carboxylic acids is 1. The number of carbonyl (C=O) groups is 1. The van der Waals surface area contributed by atoms with Crippen LogP contribution in [0.1, 0.15) is 16.2 Å². The van der Waals surface area contributed by atoms with Crippen molar-refractivity contribution in [3.05, 3.63) is 66.4 Å². The van der Waals surface area contributed by atoms with Crippen molar-refractivity contribution in [3.8, 4) is 11.3 Å². The standard InChI is InChI=1S/C17H13N5O2/c23-17(15-13-6-7-18-16(13)20-10-19-15)24-9-12-8-14(22-21-12)11-4-2-1-3-5-11/h1-8,10H,9H2,(H,21,22)(H,18,19,20). The zero-order chi connectivity index (χ0) is 16.4. The normalized spacial score (nSPS) is 10.8. The van der Waals surface area contributed by atoms with E-state index in [9.17, 15) is 4.79 Å². The average Bonchev–Trinajstić information content (AvgIpc) is 3.29. The quantitative estimate of drug-likeness (QED) is 0.564. The lowest BCUT2D eigenvalue weighted by molar-refractivity contribution is 0.0463. The summed E-state index contributed by atoms with van der Waals surface area (Å²) in [6, 6.07) is 13.4. The highest BCUT2D eigenvalue weighted by Gasteiger charge is 2.15. The Balaban J connectivity index is 1.48. The highest BCUT2D eigenvalue weighted by molar-refractivity contribution is 6.00. The lowest BCUT2D eigenvalue weighted by Gasteiger charge is -2.03. The van der Waals surface area contributed by atoms with Crippen LogP contribution < -0.4 is 0 Å². The van der Waals surface area contributed by atoms with Crippen molar-refractivity contribution in [1.82, 2.24) is 25.1 Å². The Morgan fingerprint density at radius 3 is 2.88 bits per heavy atom. The molecule has 0 radical (unpaired) electrons. The van der Waals surface area contributed by atoms with Gasteiger partial charge in [0.15, 0.2) is 5.69 Å². The number of aromatic amines is 2. The summed E-state index contributed by atoms with van der Waals surface area (Å²) in [5.41, 5.74) is 3.35. The Bertz CT molecular complexity index is 990. The largest absolute Gasteiger partial charge is 0.454 e. The van der Waals surface area contributed by atoms with Gasteiger partial charge in [-0.15, -0.1) is 0 Å². The second-order valence-electron chi connectivity index (χ2n) is 5.18. The number of nitrogens with zero attached hydrogens (tertiary/aromatic N) is 3. The van der Waals surface area contributed by atoms with E-state index >= 15 is 0 Å². The second-order valence-corrected chi connectivity index (χ2v) is 5.18. The molecule has 0 atom stereocenters. The summed E-state index contributed by atoms with van der Waals surface area (Å²) < 4.78 is 5.33. The summed E-state index contributed by atoms with van der Waals surface area (Å²) in [4.78, 5) is 23.2. The molecule has 1 aromatic carbocycles. The van der Waals surface area contributed by atoms with Gasteiger partial charge in [0.25, 0.3) is 0 Å². The molecule has 0 saturated carbocycles. The van der Waals surface area contributed by atoms with Crippen LogP contribution in [0.25, 0.3) is 22.3 Å². The molecule has 118 valence electrons. The fraction of sp³-hybridized carbons (Fsp3) is 0.0588. The van der Waals surface area contributed by atoms with Crippen molar-refractivity contribution in [2.75, 3.05) is 0 Å². The van der Waals surface area contributed by atoms with Gasteiger partial charge in [-0.2, -0.15) is 5.10 Å². The number of fused-ring (bicyclic) bond motifs is 1. The van der Waals surface area contributed by atoms with Crippen LogP contribution in [0.3, 0.4) is 0 Å². The molecule has 7 nitrogen and oxygen atoms in total. The molecule has 3 aromatic heterocycles. The number of H-pyrrole nitrogens is 2. The van der Waals surface area contributed by atoms with Crippen molar-refractivity contribution in [2.24, 2.45) is 0 Å². The minimum atomic E-state index is -0.502. The number of nitrogens with one attached hydrogen (secondary N) is 2. The van der Waals surface area contributed by atoms with Gasteiger partial charge in [-0.1, -0.05) is 30.3 Å². The minimum absolute atomic E-state index is 0.0919. The SMILES string of the molecule is O=C(OCc1cc(-c2ccccc2)n[nH]1)c1ncnc2[nH]ccc12. The van der Waals surface area contributed by atoms with E-state index in [1.807, 2.05) is 36.4 Å². The third-order valence-electron chi connectivity index (χ3n) is 3.61. The van der Waals surface area contributed by atoms with E-state index in [-0.39, 0.29) is 12.3 Å². The third-order valence-corrected chi connectivity index (χ3v) is 3.61. The zero-order valence-corrected chi connectivity index (χ0v) is 12.6. The molecule has 0 unspecified atom stereocenters. The van der Waals surface area contributed by atoms with Gasteiger partial charge in [-0.3, -0.25) is 5.10 Å². The van der Waals surface area contributed by atoms with Crippen molar-refractivity contribution < 1.29 is 9.53 Å². The maximum atomic E-state index is 12.2. The van der Waals surface area contributed by atoms with Crippen LogP contribution in [-0.4, -0.2) is 31.1 Å². The Morgan fingerprint density at radius 1 is 1.12 bits per heavy atom. The molecule has 0 fully saturated rings. The minimum Gasteiger partial charge on any atom is -0.454 e. The number of rotatable bonds is 4. The molecule has 0 amide bonds. The number of esters is 1. The molecule has 0 aliphatic carbocycles. The van der Waals surface area contributed by atoms with Crippen molar-refractivity contribution in [3.63, 3.8) is 0 Å². The number of ether oxygens (including phenoxy) is 1. The summed E-state index contributed by atoms with van der Waals surface area (Å²) in [6.07, 6.45) is 3.04. The first kappa shape index (κ1) is 14.1. The fourth-order valence-electron chi connectivity index (χ4n) is 2.44. The van der Waals surface area contributed by atoms with Crippen LogP contribution in [0, 0.1) is 0 Å². The summed E-state index contributed by atoms with van der Waals surface area (Å²) in [7, 11) is 0. The lowest BCUT2D eigenvalue weighted by Crippen LogP contribution is -2.08. The van der Waals surface area contributed by atoms with Gasteiger partial charge < -0.3 is 9.72 Å². The molecule has 3 heterocycles. The van der Waals surface area contributed by atoms with Gasteiger partial charge in [0.2, 0.25) is 0 Å². The van der Waals surface area contributed by atoms with E-state index in [1.165, 1.54) is 6.33 Å². The maximum Gasteiger partial charge on any atom is 0.358 e. The lowest BCUT2D eigenvalue weighted by atomic mass is 10.1. The van der Waals surface area contributed by atoms with Crippen molar-refractivity contribution in [1.29, 1.82) is 0 Å². The molecular weight excluding hydrogens is 306 g/mol. The third kappa shape index (κ3) is 2.63. The number of hydrogen-bond acceptors (Lipinski definition) is 5. The Morgan fingerprint density at radius 2 is 2.00 bits per heavy atom. The monoisotopic (exact) mass is 319 g/mol. The van der Waals surface area contributed by atoms with Gasteiger partial charge in [0.05, 0.1) is 16.8 Å². The van der Waals surface area contributed by atoms with E-state index < -0.39 is 5.97 Å². The number of hydrogen-bond donors (Lipinski definition) is 2. The summed E-state index contributed by atoms with van der Waals surface area (Å²) >= 11 is 0. The molecule has 7 heteroatoms. The first-order chi connectivity index (χ1) is 11.8. The predicted molar refractivity (Wildman–Crippen MR) is 87.0 cm³/mol. The Labute approximate surface area is 136 Å². The van der Waals surface area contributed by atoms with Crippen molar-refractivity contribution >= 4 is 17.0 Å². The molecule has 0 aliphatic heterocycles. The molecule has 0 bridgehead atoms. The van der Waals surface area contributed by atoms with Crippen LogP contribution in [0.15, 0.2) is 55.0 Å². The topological polar surface area (TPSA) is 96.6 Å². The van der Waals surface area contributed by atoms with Crippen LogP contribution in [0.4, 0.5) is 0 Å². The molecule has 4 rings (SSSR count). The highest BCUT2D eigenvalue weighted by atomic mass is 16.5. The van der Waals surface area contributed by atoms with Gasteiger partial charge in [0.1, 0.15) is 18.6 Å². The van der Waals surface area contributed by atoms with E-state index in [0.29, 0.717) is 16.7 Å². The van der Waals surface area contributed by atoms with Crippen LogP contribution in [0.5, 0.6) is 0 Å². The van der Waals surface area contributed by atoms with E-state index in [4.69, 9.17) is 4.74 Å². The molecule has 4 aromatic rings. The van der Waals surface area contributed by atoms with Gasteiger partial charge in [-0.05, 0) is 12.1 Å². The first-order valence-electron chi connectivity index (χ1n) is 7.36.